The van der Waals surface area contributed by atoms with Crippen molar-refractivity contribution in [2.45, 2.75) is 12.2 Å². The van der Waals surface area contributed by atoms with E-state index in [0.717, 1.165) is 30.9 Å². The third-order valence-electron chi connectivity index (χ3n) is 4.68. The highest BCUT2D eigenvalue weighted by Crippen LogP contribution is 2.33. The van der Waals surface area contributed by atoms with Crippen LogP contribution in [0.4, 0.5) is 0 Å². The fraction of sp³-hybridized carbons (Fsp3) is 0.500. The lowest BCUT2D eigenvalue weighted by molar-refractivity contribution is 0.237. The molecule has 1 aromatic carbocycles. The van der Waals surface area contributed by atoms with Crippen molar-refractivity contribution in [1.29, 1.82) is 0 Å². The summed E-state index contributed by atoms with van der Waals surface area (Å²) in [5, 5.41) is 6.24. The summed E-state index contributed by atoms with van der Waals surface area (Å²) in [5.74, 6) is 1.70. The van der Waals surface area contributed by atoms with Gasteiger partial charge in [0, 0.05) is 31.3 Å². The molecule has 2 aliphatic heterocycles. The zero-order valence-corrected chi connectivity index (χ0v) is 15.1. The van der Waals surface area contributed by atoms with Gasteiger partial charge >= 0.3 is 0 Å². The quantitative estimate of drug-likeness (QED) is 0.708. The number of methoxy groups -OCH3 is 1. The number of hydrogen-bond donors (Lipinski definition) is 3. The summed E-state index contributed by atoms with van der Waals surface area (Å²) in [7, 11) is 5.61. The number of rotatable bonds is 6. The van der Waals surface area contributed by atoms with Crippen LogP contribution in [0.2, 0.25) is 0 Å². The first kappa shape index (κ1) is 17.6. The monoisotopic (exact) mass is 345 g/mol. The summed E-state index contributed by atoms with van der Waals surface area (Å²) in [4.78, 5) is 6.72. The lowest BCUT2D eigenvalue weighted by Crippen LogP contribution is -2.51. The Morgan fingerprint density at radius 1 is 1.44 bits per heavy atom. The Balaban J connectivity index is 1.78. The minimum absolute atomic E-state index is 0.537. The van der Waals surface area contributed by atoms with Gasteiger partial charge in [-0.15, -0.1) is 0 Å². The Morgan fingerprint density at radius 2 is 2.28 bits per heavy atom. The van der Waals surface area contributed by atoms with Crippen molar-refractivity contribution in [3.05, 3.63) is 35.7 Å². The molecule has 0 bridgehead atoms. The predicted molar refractivity (Wildman–Crippen MR) is 98.7 cm³/mol. The molecule has 7 nitrogen and oxygen atoms in total. The van der Waals surface area contributed by atoms with Gasteiger partial charge in [-0.3, -0.25) is 5.73 Å². The predicted octanol–water partition coefficient (Wildman–Crippen LogP) is 0.830. The molecular weight excluding hydrogens is 318 g/mol. The highest BCUT2D eigenvalue weighted by Gasteiger charge is 2.29. The Bertz CT molecular complexity index is 675. The highest BCUT2D eigenvalue weighted by atomic mass is 16.5. The number of nitrogens with zero attached hydrogens (tertiary/aromatic N) is 2. The third kappa shape index (κ3) is 3.88. The number of nitrogens with one attached hydrogen (secondary N) is 2. The van der Waals surface area contributed by atoms with E-state index in [0.29, 0.717) is 24.0 Å². The number of hydrogen-bond acceptors (Lipinski definition) is 7. The largest absolute Gasteiger partial charge is 0.493 e. The molecular formula is C18H27N5O2. The van der Waals surface area contributed by atoms with E-state index < -0.39 is 5.79 Å². The number of likely N-dealkylation sites (tertiary alicyclic amines) is 1. The molecule has 3 rings (SSSR count). The molecule has 2 unspecified atom stereocenters. The van der Waals surface area contributed by atoms with Crippen molar-refractivity contribution in [2.75, 3.05) is 40.9 Å². The summed E-state index contributed by atoms with van der Waals surface area (Å²) in [6.45, 7) is 2.85. The van der Waals surface area contributed by atoms with Crippen molar-refractivity contribution >= 4 is 6.21 Å². The van der Waals surface area contributed by atoms with Gasteiger partial charge < -0.3 is 25.0 Å². The third-order valence-corrected chi connectivity index (χ3v) is 4.68. The molecule has 1 saturated heterocycles. The number of aliphatic imine (C=N–C) groups is 1. The van der Waals surface area contributed by atoms with Gasteiger partial charge in [0.2, 0.25) is 5.79 Å². The van der Waals surface area contributed by atoms with E-state index in [1.807, 2.05) is 31.3 Å². The van der Waals surface area contributed by atoms with Crippen LogP contribution in [-0.4, -0.2) is 52.0 Å². The summed E-state index contributed by atoms with van der Waals surface area (Å²) < 4.78 is 11.5. The van der Waals surface area contributed by atoms with Gasteiger partial charge in [-0.2, -0.15) is 0 Å². The number of nitrogens with two attached hydrogens (primary N) is 1. The van der Waals surface area contributed by atoms with Crippen LogP contribution in [0.15, 0.2) is 35.1 Å². The molecule has 0 saturated carbocycles. The molecule has 1 fully saturated rings. The van der Waals surface area contributed by atoms with Crippen LogP contribution >= 0.6 is 0 Å². The average Bonchev–Trinajstić information content (AvgIpc) is 3.05. The van der Waals surface area contributed by atoms with Crippen LogP contribution in [0.25, 0.3) is 0 Å². The average molecular weight is 345 g/mol. The van der Waals surface area contributed by atoms with Crippen molar-refractivity contribution in [3.8, 4) is 11.5 Å². The van der Waals surface area contributed by atoms with E-state index in [-0.39, 0.29) is 0 Å². The van der Waals surface area contributed by atoms with Crippen molar-refractivity contribution in [2.24, 2.45) is 16.6 Å². The van der Waals surface area contributed by atoms with E-state index >= 15 is 0 Å². The number of benzene rings is 1. The molecule has 0 radical (unpaired) electrons. The molecule has 2 aliphatic rings. The number of ether oxygens (including phenoxy) is 2. The first-order chi connectivity index (χ1) is 12.0. The van der Waals surface area contributed by atoms with Crippen molar-refractivity contribution in [1.82, 2.24) is 15.5 Å². The molecule has 2 heterocycles. The normalized spacial score (nSPS) is 26.1. The van der Waals surface area contributed by atoms with Crippen LogP contribution in [0.3, 0.4) is 0 Å². The van der Waals surface area contributed by atoms with Crippen LogP contribution < -0.4 is 25.8 Å². The lowest BCUT2D eigenvalue weighted by Gasteiger charge is -2.31. The summed E-state index contributed by atoms with van der Waals surface area (Å²) in [5.41, 5.74) is 7.26. The Labute approximate surface area is 148 Å². The van der Waals surface area contributed by atoms with E-state index in [2.05, 4.69) is 27.6 Å². The van der Waals surface area contributed by atoms with E-state index in [1.165, 1.54) is 0 Å². The second kappa shape index (κ2) is 7.33. The Hall–Kier alpha value is -2.25. The number of allylic oxidation sites excluding steroid dienone is 1. The Morgan fingerprint density at radius 3 is 2.96 bits per heavy atom. The van der Waals surface area contributed by atoms with Gasteiger partial charge in [-0.1, -0.05) is 0 Å². The SMILES string of the molecule is CNC1=CC=NC(N)(c2ccc(OC)c(OCC3CCN(C)C3)c2)N1. The van der Waals surface area contributed by atoms with Gasteiger partial charge in [0.15, 0.2) is 11.5 Å². The van der Waals surface area contributed by atoms with Crippen LogP contribution in [0, 0.1) is 5.92 Å². The molecule has 0 spiro atoms. The van der Waals surface area contributed by atoms with E-state index in [4.69, 9.17) is 15.2 Å². The summed E-state index contributed by atoms with van der Waals surface area (Å²) in [6, 6.07) is 5.67. The first-order valence-corrected chi connectivity index (χ1v) is 8.54. The molecule has 0 aromatic heterocycles. The molecule has 0 aliphatic carbocycles. The maximum atomic E-state index is 6.45. The standard InChI is InChI=1S/C18H27N5O2/c1-20-17-6-8-21-18(19,22-17)14-4-5-15(24-3)16(10-14)25-12-13-7-9-23(2)11-13/h4-6,8,10,13,20,22H,7,9,11-12,19H2,1-3H3. The molecule has 136 valence electrons. The molecule has 4 N–H and O–H groups in total. The lowest BCUT2D eigenvalue weighted by atomic mass is 10.1. The van der Waals surface area contributed by atoms with E-state index in [1.54, 1.807) is 13.3 Å². The van der Waals surface area contributed by atoms with Gasteiger partial charge in [-0.25, -0.2) is 4.99 Å². The van der Waals surface area contributed by atoms with Crippen LogP contribution in [0.5, 0.6) is 11.5 Å². The second-order valence-electron chi connectivity index (χ2n) is 6.59. The fourth-order valence-corrected chi connectivity index (χ4v) is 3.20. The molecule has 1 aromatic rings. The topological polar surface area (TPSA) is 84.1 Å². The van der Waals surface area contributed by atoms with Gasteiger partial charge in [-0.05, 0) is 44.3 Å². The van der Waals surface area contributed by atoms with Crippen LogP contribution in [-0.2, 0) is 5.79 Å². The summed E-state index contributed by atoms with van der Waals surface area (Å²) in [6.07, 6.45) is 4.69. The molecule has 7 heteroatoms. The van der Waals surface area contributed by atoms with Gasteiger partial charge in [0.05, 0.1) is 13.7 Å². The molecule has 0 amide bonds. The minimum Gasteiger partial charge on any atom is -0.493 e. The molecule has 2 atom stereocenters. The van der Waals surface area contributed by atoms with E-state index in [9.17, 15) is 0 Å². The highest BCUT2D eigenvalue weighted by molar-refractivity contribution is 5.73. The zero-order valence-electron chi connectivity index (χ0n) is 15.1. The maximum absolute atomic E-state index is 6.45. The first-order valence-electron chi connectivity index (χ1n) is 8.54. The fourth-order valence-electron chi connectivity index (χ4n) is 3.20. The van der Waals surface area contributed by atoms with Crippen molar-refractivity contribution < 1.29 is 9.47 Å². The Kier molecular flexibility index (Phi) is 5.15. The summed E-state index contributed by atoms with van der Waals surface area (Å²) >= 11 is 0. The van der Waals surface area contributed by atoms with Crippen molar-refractivity contribution in [3.63, 3.8) is 0 Å². The van der Waals surface area contributed by atoms with Gasteiger partial charge in [0.25, 0.3) is 0 Å². The molecule has 25 heavy (non-hydrogen) atoms. The smallest absolute Gasteiger partial charge is 0.210 e. The second-order valence-corrected chi connectivity index (χ2v) is 6.59. The van der Waals surface area contributed by atoms with Gasteiger partial charge in [0.1, 0.15) is 5.82 Å². The van der Waals surface area contributed by atoms with Crippen LogP contribution in [0.1, 0.15) is 12.0 Å². The minimum atomic E-state index is -1.04. The zero-order chi connectivity index (χ0) is 17.9. The maximum Gasteiger partial charge on any atom is 0.210 e.